The number of aliphatic hydroxyl groups excluding tert-OH is 1. The highest BCUT2D eigenvalue weighted by atomic mass is 35.5. The molecule has 0 aromatic heterocycles. The Morgan fingerprint density at radius 2 is 1.05 bits per heavy atom. The number of carbonyl (C=O) groups is 4. The van der Waals surface area contributed by atoms with Gasteiger partial charge in [-0.15, -0.1) is 0 Å². The van der Waals surface area contributed by atoms with Crippen molar-refractivity contribution in [1.29, 1.82) is 0 Å². The predicted molar refractivity (Wildman–Crippen MR) is 238 cm³/mol. The summed E-state index contributed by atoms with van der Waals surface area (Å²) in [6.45, 7) is 16.5. The summed E-state index contributed by atoms with van der Waals surface area (Å²) in [5, 5.41) is 10.8. The average Bonchev–Trinajstić information content (AvgIpc) is 4.00. The van der Waals surface area contributed by atoms with Crippen LogP contribution in [0.3, 0.4) is 0 Å². The van der Waals surface area contributed by atoms with E-state index in [4.69, 9.17) is 44.8 Å². The van der Waals surface area contributed by atoms with Crippen molar-refractivity contribution >= 4 is 45.9 Å². The van der Waals surface area contributed by atoms with Crippen LogP contribution in [0.4, 0.5) is 0 Å². The Bertz CT molecular complexity index is 2150. The number of ether oxygens (including phenoxy) is 7. The minimum Gasteiger partial charge on any atom is -0.507 e. The van der Waals surface area contributed by atoms with Gasteiger partial charge in [-0.05, 0) is 151 Å². The molecule has 0 atom stereocenters. The summed E-state index contributed by atoms with van der Waals surface area (Å²) in [7, 11) is 3.16. The quantitative estimate of drug-likeness (QED) is 0.160. The molecule has 8 rings (SSSR count). The molecule has 12 nitrogen and oxygen atoms in total. The molecule has 4 heterocycles. The summed E-state index contributed by atoms with van der Waals surface area (Å²) in [6, 6.07) is 7.74. The van der Waals surface area contributed by atoms with E-state index >= 15 is 0 Å². The molecule has 4 fully saturated rings. The van der Waals surface area contributed by atoms with Gasteiger partial charge in [-0.1, -0.05) is 39.8 Å². The average molecular weight is 894 g/mol. The van der Waals surface area contributed by atoms with Crippen LogP contribution < -0.4 is 9.47 Å². The van der Waals surface area contributed by atoms with Crippen molar-refractivity contribution in [2.45, 2.75) is 155 Å². The molecule has 0 bridgehead atoms. The number of halogens is 1. The molecule has 13 heteroatoms. The fraction of sp³-hybridized carbons (Fsp3) is 0.600. The van der Waals surface area contributed by atoms with E-state index in [2.05, 4.69) is 0 Å². The Kier molecular flexibility index (Phi) is 14.5. The van der Waals surface area contributed by atoms with Crippen LogP contribution in [0.2, 0.25) is 0 Å². The van der Waals surface area contributed by atoms with E-state index in [9.17, 15) is 24.3 Å². The third-order valence-electron chi connectivity index (χ3n) is 13.6. The van der Waals surface area contributed by atoms with Gasteiger partial charge in [0.25, 0.3) is 0 Å². The number of methoxy groups -OCH3 is 2. The fourth-order valence-electron chi connectivity index (χ4n) is 10.0. The van der Waals surface area contributed by atoms with Gasteiger partial charge in [0.15, 0.2) is 22.7 Å². The highest BCUT2D eigenvalue weighted by molar-refractivity contribution is 6.63. The van der Waals surface area contributed by atoms with Crippen LogP contribution in [0.15, 0.2) is 35.8 Å². The van der Waals surface area contributed by atoms with Crippen molar-refractivity contribution in [3.05, 3.63) is 69.2 Å². The molecule has 1 N–H and O–H groups in total. The summed E-state index contributed by atoms with van der Waals surface area (Å²) in [4.78, 5) is 48.6. The minimum atomic E-state index is -0.934. The van der Waals surface area contributed by atoms with E-state index in [0.717, 1.165) is 86.8 Å². The van der Waals surface area contributed by atoms with Crippen LogP contribution in [-0.2, 0) is 42.9 Å². The van der Waals surface area contributed by atoms with Crippen LogP contribution in [0, 0.1) is 39.5 Å². The molecule has 6 aliphatic rings. The predicted octanol–water partition coefficient (Wildman–Crippen LogP) is 10.0. The first kappa shape index (κ1) is 48.1. The van der Waals surface area contributed by atoms with Crippen LogP contribution >= 0.6 is 11.6 Å². The summed E-state index contributed by atoms with van der Waals surface area (Å²) in [5.41, 5.74) is 3.61. The van der Waals surface area contributed by atoms with E-state index in [1.165, 1.54) is 0 Å². The van der Waals surface area contributed by atoms with Gasteiger partial charge in [0.2, 0.25) is 5.24 Å². The van der Waals surface area contributed by atoms with Crippen molar-refractivity contribution in [3.8, 4) is 11.5 Å². The molecule has 344 valence electrons. The Morgan fingerprint density at radius 1 is 0.635 bits per heavy atom. The highest BCUT2D eigenvalue weighted by Gasteiger charge is 2.57. The van der Waals surface area contributed by atoms with Crippen molar-refractivity contribution in [2.24, 2.45) is 11.8 Å². The molecule has 0 radical (unpaired) electrons. The van der Waals surface area contributed by atoms with Crippen molar-refractivity contribution < 1.29 is 57.4 Å². The van der Waals surface area contributed by atoms with Gasteiger partial charge in [0.1, 0.15) is 22.6 Å². The van der Waals surface area contributed by atoms with Crippen LogP contribution in [0.25, 0.3) is 11.1 Å². The van der Waals surface area contributed by atoms with Gasteiger partial charge in [0, 0.05) is 30.3 Å². The number of esters is 3. The Balaban J connectivity index is 0.000000188. The third-order valence-corrected chi connectivity index (χ3v) is 14.0. The lowest BCUT2D eigenvalue weighted by Gasteiger charge is -2.41. The summed E-state index contributed by atoms with van der Waals surface area (Å²) in [6.07, 6.45) is 9.75. The number of carbonyl (C=O) groups excluding carboxylic acids is 4. The number of hydrogen-bond acceptors (Lipinski definition) is 12. The maximum atomic E-state index is 13.3. The molecule has 2 saturated carbocycles. The maximum absolute atomic E-state index is 13.3. The topological polar surface area (TPSA) is 153 Å². The first-order valence-corrected chi connectivity index (χ1v) is 22.8. The van der Waals surface area contributed by atoms with Crippen LogP contribution in [0.5, 0.6) is 11.5 Å². The molecular formula is C50H65ClO12. The Morgan fingerprint density at radius 3 is 1.44 bits per heavy atom. The van der Waals surface area contributed by atoms with E-state index in [0.29, 0.717) is 59.6 Å². The molecule has 4 aliphatic heterocycles. The minimum absolute atomic E-state index is 0.0216. The molecule has 2 aromatic carbocycles. The molecule has 2 aliphatic carbocycles. The third kappa shape index (κ3) is 9.69. The SMILES string of the molecule is CC(C)C(=O)Cl.COc1cc(C)cc(C)c1C1=C(O)C2(CCC3(CCCO3)CC2)OC1=O.COc1cc(C)cc(C)c1C1=C(OC(=O)C(C)C)C2(CCC3(CCCO3)CC2)OC1=O. The largest absolute Gasteiger partial charge is 0.507 e. The molecule has 0 unspecified atom stereocenters. The lowest BCUT2D eigenvalue weighted by atomic mass is 9.73. The Hall–Kier alpha value is -4.39. The zero-order valence-corrected chi connectivity index (χ0v) is 39.4. The summed E-state index contributed by atoms with van der Waals surface area (Å²) >= 11 is 4.97. The number of benzene rings is 2. The van der Waals surface area contributed by atoms with Gasteiger partial charge in [-0.3, -0.25) is 9.59 Å². The number of aliphatic hydroxyl groups is 1. The highest BCUT2D eigenvalue weighted by Crippen LogP contribution is 2.54. The first-order chi connectivity index (χ1) is 29.7. The van der Waals surface area contributed by atoms with Gasteiger partial charge >= 0.3 is 17.9 Å². The zero-order chi connectivity index (χ0) is 46.1. The molecule has 4 spiro atoms. The van der Waals surface area contributed by atoms with Gasteiger partial charge in [-0.25, -0.2) is 9.59 Å². The molecular weight excluding hydrogens is 828 g/mol. The second-order valence-electron chi connectivity index (χ2n) is 18.8. The van der Waals surface area contributed by atoms with E-state index in [-0.39, 0.29) is 45.6 Å². The van der Waals surface area contributed by atoms with Crippen LogP contribution in [-0.4, -0.2) is 78.1 Å². The smallest absolute Gasteiger partial charge is 0.343 e. The summed E-state index contributed by atoms with van der Waals surface area (Å²) in [5.74, 6) is -0.0740. The lowest BCUT2D eigenvalue weighted by molar-refractivity contribution is -0.162. The maximum Gasteiger partial charge on any atom is 0.343 e. The molecule has 2 saturated heterocycles. The monoisotopic (exact) mass is 892 g/mol. The van der Waals surface area contributed by atoms with Crippen LogP contribution in [0.1, 0.15) is 138 Å². The van der Waals surface area contributed by atoms with E-state index in [1.807, 2.05) is 52.0 Å². The molecule has 2 aromatic rings. The van der Waals surface area contributed by atoms with Gasteiger partial charge < -0.3 is 38.3 Å². The summed E-state index contributed by atoms with van der Waals surface area (Å²) < 4.78 is 40.9. The second kappa shape index (κ2) is 19.0. The first-order valence-electron chi connectivity index (χ1n) is 22.4. The van der Waals surface area contributed by atoms with Gasteiger partial charge in [-0.2, -0.15) is 0 Å². The van der Waals surface area contributed by atoms with Crippen molar-refractivity contribution in [3.63, 3.8) is 0 Å². The van der Waals surface area contributed by atoms with E-state index < -0.39 is 23.1 Å². The fourth-order valence-corrected chi connectivity index (χ4v) is 10.0. The number of hydrogen-bond donors (Lipinski definition) is 1. The number of rotatable bonds is 7. The molecule has 0 amide bonds. The second-order valence-corrected chi connectivity index (χ2v) is 19.2. The van der Waals surface area contributed by atoms with Crippen molar-refractivity contribution in [1.82, 2.24) is 0 Å². The zero-order valence-electron chi connectivity index (χ0n) is 38.7. The Labute approximate surface area is 376 Å². The van der Waals surface area contributed by atoms with Crippen molar-refractivity contribution in [2.75, 3.05) is 27.4 Å². The normalized spacial score (nSPS) is 27.5. The standard InChI is InChI=1S/C25H32O6.C21H26O5.C4H7ClO/c1-15(2)22(26)30-21-20(19-17(4)13-16(3)14-18(19)28-5)23(27)31-25(21)10-8-24(9-11-25)7-6-12-29-24;1-13-11-14(2)16(15(12-13)24-3)17-18(22)21(26-19(17)23)8-6-20(7-9-21)5-4-10-25-20;1-3(2)4(5)6/h13-15H,6-12H2,1-5H3;11-12,22H,4-10H2,1-3H3;3H,1-2H3. The van der Waals surface area contributed by atoms with Gasteiger partial charge in [0.05, 0.1) is 31.3 Å². The molecule has 63 heavy (non-hydrogen) atoms. The van der Waals surface area contributed by atoms with E-state index in [1.54, 1.807) is 41.9 Å². The number of aryl methyl sites for hydroxylation is 4. The lowest BCUT2D eigenvalue weighted by Crippen LogP contribution is -2.45.